The Labute approximate surface area is 199 Å². The van der Waals surface area contributed by atoms with Crippen LogP contribution in [0, 0.1) is 5.41 Å². The van der Waals surface area contributed by atoms with E-state index in [1.54, 1.807) is 24.3 Å². The van der Waals surface area contributed by atoms with E-state index in [9.17, 15) is 9.90 Å². The van der Waals surface area contributed by atoms with Gasteiger partial charge in [0, 0.05) is 43.9 Å². The minimum atomic E-state index is -0.659. The number of ether oxygens (including phenoxy) is 1. The number of aliphatic hydroxyl groups is 1. The topological polar surface area (TPSA) is 103 Å². The predicted octanol–water partition coefficient (Wildman–Crippen LogP) is 2.84. The highest BCUT2D eigenvalue weighted by Gasteiger charge is 2.23. The smallest absolute Gasteiger partial charge is 0.253 e. The molecule has 176 valence electrons. The first-order valence-corrected chi connectivity index (χ1v) is 11.4. The molecule has 1 amide bonds. The van der Waals surface area contributed by atoms with E-state index in [4.69, 9.17) is 15.9 Å². The van der Waals surface area contributed by atoms with Crippen LogP contribution in [0.4, 0.5) is 0 Å². The molecule has 1 aliphatic heterocycles. The van der Waals surface area contributed by atoms with Gasteiger partial charge < -0.3 is 20.5 Å². The summed E-state index contributed by atoms with van der Waals surface area (Å²) in [6.45, 7) is 3.25. The number of hydrogen-bond acceptors (Lipinski definition) is 5. The van der Waals surface area contributed by atoms with Crippen LogP contribution in [0.5, 0.6) is 5.75 Å². The number of rotatable bonds is 8. The second-order valence-electron chi connectivity index (χ2n) is 8.44. The highest BCUT2D eigenvalue weighted by molar-refractivity contribution is 5.95. The number of aliphatic hydroxyl groups excluding tert-OH is 1. The molecule has 1 atom stereocenters. The lowest BCUT2D eigenvalue weighted by Crippen LogP contribution is -2.50. The van der Waals surface area contributed by atoms with Crippen LogP contribution in [-0.2, 0) is 0 Å². The Morgan fingerprint density at radius 3 is 2.26 bits per heavy atom. The minimum Gasteiger partial charge on any atom is -0.491 e. The lowest BCUT2D eigenvalue weighted by atomic mass is 10.0. The number of β-amino-alcohol motifs (C(OH)–C–C–N with tert-alkyl or cyclic N) is 1. The number of benzene rings is 3. The molecule has 3 aromatic rings. The summed E-state index contributed by atoms with van der Waals surface area (Å²) in [7, 11) is 0. The second kappa shape index (κ2) is 11.0. The highest BCUT2D eigenvalue weighted by Crippen LogP contribution is 2.20. The number of nitrogens with zero attached hydrogens (tertiary/aromatic N) is 2. The van der Waals surface area contributed by atoms with Crippen molar-refractivity contribution in [3.8, 4) is 16.9 Å². The standard InChI is InChI=1S/C27H30N4O3/c28-26(29)23-7-4-8-25(17-23)34-19-24(32)18-30-13-15-31(16-14-30)27(33)22-11-9-21(10-12-22)20-5-2-1-3-6-20/h1-12,17,24,32H,13-16,18-19H2,(H3,28,29). The van der Waals surface area contributed by atoms with E-state index in [1.165, 1.54) is 0 Å². The maximum Gasteiger partial charge on any atom is 0.253 e. The van der Waals surface area contributed by atoms with Gasteiger partial charge in [-0.15, -0.1) is 0 Å². The van der Waals surface area contributed by atoms with Crippen molar-refractivity contribution in [1.29, 1.82) is 5.41 Å². The third kappa shape index (κ3) is 6.01. The van der Waals surface area contributed by atoms with E-state index in [0.29, 0.717) is 49.6 Å². The summed E-state index contributed by atoms with van der Waals surface area (Å²) in [5.74, 6) is 0.583. The van der Waals surface area contributed by atoms with Crippen LogP contribution in [0.25, 0.3) is 11.1 Å². The van der Waals surface area contributed by atoms with Crippen molar-refractivity contribution in [3.05, 3.63) is 90.0 Å². The molecular formula is C27H30N4O3. The average Bonchev–Trinajstić information content (AvgIpc) is 2.88. The van der Waals surface area contributed by atoms with Crippen molar-refractivity contribution in [3.63, 3.8) is 0 Å². The summed E-state index contributed by atoms with van der Waals surface area (Å²) < 4.78 is 5.67. The molecule has 34 heavy (non-hydrogen) atoms. The molecule has 1 aliphatic rings. The maximum absolute atomic E-state index is 12.9. The zero-order valence-corrected chi connectivity index (χ0v) is 19.1. The monoisotopic (exact) mass is 458 g/mol. The highest BCUT2D eigenvalue weighted by atomic mass is 16.5. The van der Waals surface area contributed by atoms with Gasteiger partial charge in [0.25, 0.3) is 5.91 Å². The van der Waals surface area contributed by atoms with E-state index >= 15 is 0 Å². The summed E-state index contributed by atoms with van der Waals surface area (Å²) in [6.07, 6.45) is -0.659. The first-order chi connectivity index (χ1) is 16.5. The van der Waals surface area contributed by atoms with Crippen molar-refractivity contribution >= 4 is 11.7 Å². The molecule has 4 N–H and O–H groups in total. The molecule has 4 rings (SSSR count). The fraction of sp³-hybridized carbons (Fsp3) is 0.259. The number of nitrogens with two attached hydrogens (primary N) is 1. The van der Waals surface area contributed by atoms with Crippen LogP contribution in [0.2, 0.25) is 0 Å². The van der Waals surface area contributed by atoms with E-state index in [-0.39, 0.29) is 18.3 Å². The van der Waals surface area contributed by atoms with E-state index in [2.05, 4.69) is 17.0 Å². The Bertz CT molecular complexity index is 1110. The van der Waals surface area contributed by atoms with Crippen molar-refractivity contribution in [2.24, 2.45) is 5.73 Å². The molecule has 0 bridgehead atoms. The Balaban J connectivity index is 1.23. The summed E-state index contributed by atoms with van der Waals surface area (Å²) >= 11 is 0. The second-order valence-corrected chi connectivity index (χ2v) is 8.44. The van der Waals surface area contributed by atoms with Crippen molar-refractivity contribution in [2.75, 3.05) is 39.3 Å². The zero-order chi connectivity index (χ0) is 23.9. The van der Waals surface area contributed by atoms with Gasteiger partial charge in [-0.1, -0.05) is 54.6 Å². The van der Waals surface area contributed by atoms with Crippen LogP contribution in [-0.4, -0.2) is 72.1 Å². The van der Waals surface area contributed by atoms with Crippen molar-refractivity contribution < 1.29 is 14.6 Å². The fourth-order valence-corrected chi connectivity index (χ4v) is 4.05. The number of amidine groups is 1. The molecule has 0 saturated carbocycles. The first-order valence-electron chi connectivity index (χ1n) is 11.4. The lowest BCUT2D eigenvalue weighted by Gasteiger charge is -2.35. The summed E-state index contributed by atoms with van der Waals surface area (Å²) in [4.78, 5) is 16.9. The van der Waals surface area contributed by atoms with Gasteiger partial charge in [0.2, 0.25) is 0 Å². The number of carbonyl (C=O) groups is 1. The molecule has 7 heteroatoms. The molecule has 0 spiro atoms. The molecule has 0 aromatic heterocycles. The number of piperazine rings is 1. The average molecular weight is 459 g/mol. The molecule has 0 radical (unpaired) electrons. The maximum atomic E-state index is 12.9. The van der Waals surface area contributed by atoms with Crippen LogP contribution in [0.15, 0.2) is 78.9 Å². The van der Waals surface area contributed by atoms with Gasteiger partial charge in [0.15, 0.2) is 0 Å². The van der Waals surface area contributed by atoms with Crippen molar-refractivity contribution in [2.45, 2.75) is 6.10 Å². The van der Waals surface area contributed by atoms with Gasteiger partial charge in [-0.2, -0.15) is 0 Å². The number of carbonyl (C=O) groups excluding carboxylic acids is 1. The summed E-state index contributed by atoms with van der Waals surface area (Å²) in [6, 6.07) is 24.8. The number of nitrogens with one attached hydrogen (secondary N) is 1. The predicted molar refractivity (Wildman–Crippen MR) is 133 cm³/mol. The Morgan fingerprint density at radius 2 is 1.59 bits per heavy atom. The number of nitrogen functional groups attached to an aromatic ring is 1. The van der Waals surface area contributed by atoms with E-state index in [1.807, 2.05) is 47.4 Å². The third-order valence-corrected chi connectivity index (χ3v) is 5.95. The van der Waals surface area contributed by atoms with Gasteiger partial charge in [-0.25, -0.2) is 0 Å². The van der Waals surface area contributed by atoms with Crippen molar-refractivity contribution in [1.82, 2.24) is 9.80 Å². The quantitative estimate of drug-likeness (QED) is 0.356. The third-order valence-electron chi connectivity index (χ3n) is 5.95. The van der Waals surface area contributed by atoms with Crippen LogP contribution in [0.1, 0.15) is 15.9 Å². The largest absolute Gasteiger partial charge is 0.491 e. The van der Waals surface area contributed by atoms with E-state index in [0.717, 1.165) is 11.1 Å². The molecule has 1 heterocycles. The first kappa shape index (κ1) is 23.5. The van der Waals surface area contributed by atoms with Crippen LogP contribution < -0.4 is 10.5 Å². The molecule has 0 aliphatic carbocycles. The molecule has 1 unspecified atom stereocenters. The minimum absolute atomic E-state index is 0.0226. The molecule has 1 fully saturated rings. The van der Waals surface area contributed by atoms with E-state index < -0.39 is 6.10 Å². The van der Waals surface area contributed by atoms with Gasteiger partial charge in [0.1, 0.15) is 24.3 Å². The summed E-state index contributed by atoms with van der Waals surface area (Å²) in [5, 5.41) is 17.9. The zero-order valence-electron chi connectivity index (χ0n) is 19.1. The Morgan fingerprint density at radius 1 is 0.912 bits per heavy atom. The van der Waals surface area contributed by atoms with Gasteiger partial charge >= 0.3 is 0 Å². The normalized spacial score (nSPS) is 15.0. The molecule has 7 nitrogen and oxygen atoms in total. The number of hydrogen-bond donors (Lipinski definition) is 3. The van der Waals surface area contributed by atoms with Gasteiger partial charge in [-0.3, -0.25) is 15.1 Å². The molecule has 3 aromatic carbocycles. The Hall–Kier alpha value is -3.68. The van der Waals surface area contributed by atoms with Gasteiger partial charge in [-0.05, 0) is 35.4 Å². The molecular weight excluding hydrogens is 428 g/mol. The SMILES string of the molecule is N=C(N)c1cccc(OCC(O)CN2CCN(C(=O)c3ccc(-c4ccccc4)cc3)CC2)c1. The lowest BCUT2D eigenvalue weighted by molar-refractivity contribution is 0.0403. The van der Waals surface area contributed by atoms with Gasteiger partial charge in [0.05, 0.1) is 0 Å². The number of amides is 1. The fourth-order valence-electron chi connectivity index (χ4n) is 4.05. The van der Waals surface area contributed by atoms with Crippen LogP contribution in [0.3, 0.4) is 0 Å². The molecule has 1 saturated heterocycles. The van der Waals surface area contributed by atoms with Crippen LogP contribution >= 0.6 is 0 Å². The Kier molecular flexibility index (Phi) is 7.57. The summed E-state index contributed by atoms with van der Waals surface area (Å²) in [5.41, 5.74) is 9.00.